The highest BCUT2D eigenvalue weighted by atomic mass is 33.9. The van der Waals surface area contributed by atoms with Crippen molar-refractivity contribution >= 4 is 78.5 Å². The van der Waals surface area contributed by atoms with E-state index in [4.69, 9.17) is 26.6 Å². The Morgan fingerprint density at radius 3 is 0.714 bits per heavy atom. The van der Waals surface area contributed by atoms with Gasteiger partial charge in [-0.05, 0) is 133 Å². The van der Waals surface area contributed by atoms with Gasteiger partial charge in [-0.2, -0.15) is 0 Å². The van der Waals surface area contributed by atoms with Crippen LogP contribution in [0.4, 0.5) is 0 Å². The Balaban J connectivity index is 5.40. The van der Waals surface area contributed by atoms with Crippen molar-refractivity contribution in [1.82, 2.24) is 0 Å². The highest BCUT2D eigenvalue weighted by molar-refractivity contribution is 9.42. The Labute approximate surface area is 285 Å². The van der Waals surface area contributed by atoms with Crippen LogP contribution in [0.3, 0.4) is 0 Å². The van der Waals surface area contributed by atoms with Crippen LogP contribution in [0.25, 0.3) is 0 Å². The summed E-state index contributed by atoms with van der Waals surface area (Å²) in [5, 5.41) is 0. The van der Waals surface area contributed by atoms with E-state index < -0.39 is 17.6 Å². The van der Waals surface area contributed by atoms with E-state index in [1.807, 2.05) is 0 Å². The minimum absolute atomic E-state index is 0.0886. The first-order valence-corrected chi connectivity index (χ1v) is 27.0. The van der Waals surface area contributed by atoms with Crippen molar-refractivity contribution in [3.05, 3.63) is 0 Å². The molecule has 6 nitrogen and oxygen atoms in total. The van der Waals surface area contributed by atoms with Gasteiger partial charge in [0.2, 0.25) is 0 Å². The molecule has 0 aliphatic rings. The molecule has 0 N–H and O–H groups in total. The molecule has 14 heteroatoms. The van der Waals surface area contributed by atoms with Crippen molar-refractivity contribution < 1.29 is 26.6 Å². The molecule has 0 heterocycles. The van der Waals surface area contributed by atoms with Crippen LogP contribution in [0.5, 0.6) is 0 Å². The monoisotopic (exact) mass is 742 g/mol. The maximum absolute atomic E-state index is 6.66. The summed E-state index contributed by atoms with van der Waals surface area (Å²) in [6.07, 6.45) is 6.10. The van der Waals surface area contributed by atoms with Crippen LogP contribution in [0.2, 0.25) is 0 Å². The molecule has 0 amide bonds. The Morgan fingerprint density at radius 2 is 0.548 bits per heavy atom. The van der Waals surface area contributed by atoms with Crippen molar-refractivity contribution in [2.45, 2.75) is 182 Å². The van der Waals surface area contributed by atoms with Gasteiger partial charge in [0, 0.05) is 36.6 Å². The molecule has 0 aliphatic heterocycles. The van der Waals surface area contributed by atoms with Crippen molar-refractivity contribution in [3.63, 3.8) is 0 Å². The molecule has 0 saturated carbocycles. The van der Waals surface area contributed by atoms with Gasteiger partial charge in [0.25, 0.3) is 0 Å². The Morgan fingerprint density at radius 1 is 0.357 bits per heavy atom. The first kappa shape index (κ1) is 44.3. The lowest BCUT2D eigenvalue weighted by Crippen LogP contribution is -2.58. The van der Waals surface area contributed by atoms with Gasteiger partial charge in [-0.25, -0.2) is 0 Å². The molecule has 8 atom stereocenters. The third-order valence-corrected chi connectivity index (χ3v) is 27.9. The number of rotatable bonds is 27. The first-order valence-electron chi connectivity index (χ1n) is 15.8. The molecule has 0 saturated heterocycles. The number of hydrogen-bond acceptors (Lipinski definition) is 12. The van der Waals surface area contributed by atoms with E-state index in [0.29, 0.717) is 0 Å². The number of hydrogen-bond donors (Lipinski definition) is 0. The third kappa shape index (κ3) is 16.9. The van der Waals surface area contributed by atoms with Gasteiger partial charge in [0.1, 0.15) is 0 Å². The van der Waals surface area contributed by atoms with Gasteiger partial charge < -0.3 is 26.6 Å². The average Bonchev–Trinajstić information content (AvgIpc) is 2.97. The van der Waals surface area contributed by atoms with Gasteiger partial charge in [0.05, 0.1) is 9.75 Å². The van der Waals surface area contributed by atoms with E-state index in [1.54, 1.807) is 60.9 Å². The molecule has 0 aromatic rings. The molecule has 0 rings (SSSR count). The van der Waals surface area contributed by atoms with Gasteiger partial charge in [-0.15, -0.1) is 0 Å². The summed E-state index contributed by atoms with van der Waals surface area (Å²) in [5.74, 6) is 0. The quantitative estimate of drug-likeness (QED) is 0.0457. The fourth-order valence-corrected chi connectivity index (χ4v) is 26.4. The van der Waals surface area contributed by atoms with Crippen molar-refractivity contribution in [2.24, 2.45) is 0 Å². The largest absolute Gasteiger partial charge is 0.516 e. The maximum Gasteiger partial charge on any atom is 0.516 e. The fraction of sp³-hybridized carbons (Fsp3) is 1.00. The Bertz CT molecular complexity index is 560. The summed E-state index contributed by atoms with van der Waals surface area (Å²) >= 11 is 0. The Hall–Kier alpha value is 2.29. The first-order chi connectivity index (χ1) is 19.8. The molecule has 0 fully saturated rings. The lowest BCUT2D eigenvalue weighted by molar-refractivity contribution is -0.0121. The topological polar surface area (TPSA) is 55.4 Å². The third-order valence-electron chi connectivity index (χ3n) is 7.09. The van der Waals surface area contributed by atoms with Crippen LogP contribution in [0, 0.1) is 0 Å². The zero-order valence-corrected chi connectivity index (χ0v) is 35.7. The van der Waals surface area contributed by atoms with Crippen molar-refractivity contribution in [1.29, 1.82) is 0 Å². The average molecular weight is 743 g/mol. The van der Waals surface area contributed by atoms with E-state index in [1.165, 1.54) is 0 Å². The summed E-state index contributed by atoms with van der Waals surface area (Å²) in [6, 6.07) is 0. The summed E-state index contributed by atoms with van der Waals surface area (Å²) in [4.78, 5) is 0.196. The van der Waals surface area contributed by atoms with Gasteiger partial charge in [0.15, 0.2) is 0 Å². The summed E-state index contributed by atoms with van der Waals surface area (Å²) in [7, 11) is 4.75. The van der Waals surface area contributed by atoms with Crippen LogP contribution >= 0.6 is 60.9 Å². The molecule has 0 aromatic carbocycles. The van der Waals surface area contributed by atoms with Crippen LogP contribution in [0.15, 0.2) is 0 Å². The van der Waals surface area contributed by atoms with Gasteiger partial charge in [-0.3, -0.25) is 0 Å². The van der Waals surface area contributed by atoms with E-state index >= 15 is 0 Å². The SMILES string of the molecule is CCC(C)O[Si](OC(C)CC)(OC(C)CC)C(C)SSSSSSC(C)[Si](OC(C)CC)(OC(C)CC)OC(C)CC. The minimum atomic E-state index is -2.96. The second kappa shape index (κ2) is 24.4. The van der Waals surface area contributed by atoms with Gasteiger partial charge >= 0.3 is 17.6 Å². The molecular formula is C28H62O6S6Si2. The molecule has 0 aromatic heterocycles. The lowest BCUT2D eigenvalue weighted by atomic mass is 10.3. The fourth-order valence-electron chi connectivity index (χ4n) is 3.21. The predicted octanol–water partition coefficient (Wildman–Crippen LogP) is 11.6. The van der Waals surface area contributed by atoms with Crippen LogP contribution in [-0.2, 0) is 26.6 Å². The Kier molecular flexibility index (Phi) is 25.8. The van der Waals surface area contributed by atoms with E-state index in [-0.39, 0.29) is 46.4 Å². The second-order valence-electron chi connectivity index (χ2n) is 11.0. The highest BCUT2D eigenvalue weighted by Gasteiger charge is 2.52. The molecule has 8 unspecified atom stereocenters. The normalized spacial score (nSPS) is 21.0. The zero-order chi connectivity index (χ0) is 32.3. The van der Waals surface area contributed by atoms with Crippen molar-refractivity contribution in [3.8, 4) is 0 Å². The van der Waals surface area contributed by atoms with E-state index in [9.17, 15) is 0 Å². The van der Waals surface area contributed by atoms with E-state index in [2.05, 4.69) is 96.9 Å². The molecule has 0 aliphatic carbocycles. The van der Waals surface area contributed by atoms with E-state index in [0.717, 1.165) is 38.5 Å². The molecule has 42 heavy (non-hydrogen) atoms. The highest BCUT2D eigenvalue weighted by Crippen LogP contribution is 2.55. The lowest BCUT2D eigenvalue weighted by Gasteiger charge is -2.39. The maximum atomic E-state index is 6.66. The standard InChI is InChI=1S/C28H62O6S6Si2/c1-15-21(7)29-41(30-22(8)16-2,31-23(9)17-3)27(13)35-37-39-40-38-36-28(14)42(32-24(10)18-4,33-25(11)19-5)34-26(12)20-6/h21-28H,15-20H2,1-14H3. The molecule has 0 bridgehead atoms. The van der Waals surface area contributed by atoms with Gasteiger partial charge in [-0.1, -0.05) is 63.1 Å². The molecule has 0 radical (unpaired) electrons. The van der Waals surface area contributed by atoms with Crippen LogP contribution in [-0.4, -0.2) is 64.0 Å². The predicted molar refractivity (Wildman–Crippen MR) is 201 cm³/mol. The zero-order valence-electron chi connectivity index (χ0n) is 28.8. The second-order valence-corrected chi connectivity index (χ2v) is 27.4. The minimum Gasteiger partial charge on any atom is -0.370 e. The summed E-state index contributed by atoms with van der Waals surface area (Å²) < 4.78 is 40.0. The molecule has 254 valence electrons. The van der Waals surface area contributed by atoms with Crippen LogP contribution < -0.4 is 0 Å². The molecule has 0 spiro atoms. The summed E-state index contributed by atoms with van der Waals surface area (Å²) in [5.41, 5.74) is 0. The van der Waals surface area contributed by atoms with Crippen LogP contribution in [0.1, 0.15) is 135 Å². The summed E-state index contributed by atoms with van der Waals surface area (Å²) in [6.45, 7) is 30.0. The smallest absolute Gasteiger partial charge is 0.370 e. The van der Waals surface area contributed by atoms with Crippen molar-refractivity contribution in [2.75, 3.05) is 0 Å². The molecular weight excluding hydrogens is 681 g/mol.